The molecule has 7 unspecified atom stereocenters. The number of primary amides is 1. The van der Waals surface area contributed by atoms with E-state index >= 15 is 0 Å². The monoisotopic (exact) mass is 930 g/mol. The van der Waals surface area contributed by atoms with Gasteiger partial charge in [-0.05, 0) is 68.6 Å². The molecule has 1 aliphatic rings. The standard InChI is InChI=1S/C42H66N12O12/c1-21(2)17-29-39(64)54-35(22(3)4)41(66)53-30(18-24-8-10-25(57)11-9-24)38(63)50-27(7-6-16-46-42(44)45)36(61)49-26(23(5)56)13-15-33(59)47-19-34(60)48-31(20-55)40(65)51-28(37(62)52-29)12-14-32(43)58/h8-11,21-22,26-31,35,55,57H,6-7,12-20H2,1-5H3,(H2,43,58)(H,47,59)(H,48,60)(H,49,61)(H,50,63)(H,51,65)(H,52,62)(H,53,66)(H,54,64)(H4,44,45,46). The molecule has 24 nitrogen and oxygen atoms in total. The van der Waals surface area contributed by atoms with Gasteiger partial charge in [0.2, 0.25) is 53.2 Å². The van der Waals surface area contributed by atoms with Crippen LogP contribution in [0.5, 0.6) is 5.75 Å². The number of ketones is 1. The number of Topliss-reactive ketones (excluding diaryl/α,β-unsaturated/α-hetero) is 1. The van der Waals surface area contributed by atoms with E-state index in [-0.39, 0.29) is 69.1 Å². The largest absolute Gasteiger partial charge is 0.508 e. The summed E-state index contributed by atoms with van der Waals surface area (Å²) in [5.74, 6) is -9.57. The lowest BCUT2D eigenvalue weighted by molar-refractivity contribution is -0.136. The number of hydrogen-bond donors (Lipinski definition) is 13. The molecule has 1 aromatic carbocycles. The average molecular weight is 931 g/mol. The summed E-state index contributed by atoms with van der Waals surface area (Å²) in [5, 5.41) is 39.9. The van der Waals surface area contributed by atoms with E-state index in [0.717, 1.165) is 0 Å². The van der Waals surface area contributed by atoms with Crippen LogP contribution in [0.25, 0.3) is 0 Å². The van der Waals surface area contributed by atoms with Crippen LogP contribution in [0.15, 0.2) is 29.3 Å². The fourth-order valence-electron chi connectivity index (χ4n) is 6.61. The Morgan fingerprint density at radius 3 is 1.80 bits per heavy atom. The number of phenolic OH excluding ortho intramolecular Hbond substituents is 1. The Labute approximate surface area is 382 Å². The number of nitrogens with zero attached hydrogens (tertiary/aromatic N) is 1. The van der Waals surface area contributed by atoms with Crippen molar-refractivity contribution in [2.45, 2.75) is 128 Å². The number of aromatic hydroxyl groups is 1. The number of rotatable bonds is 14. The number of guanidine groups is 1. The molecule has 66 heavy (non-hydrogen) atoms. The van der Waals surface area contributed by atoms with Crippen LogP contribution in [0.2, 0.25) is 0 Å². The van der Waals surface area contributed by atoms with Crippen molar-refractivity contribution in [3.63, 3.8) is 0 Å². The Kier molecular flexibility index (Phi) is 23.0. The molecule has 2 rings (SSSR count). The maximum absolute atomic E-state index is 14.2. The Balaban J connectivity index is 2.69. The minimum atomic E-state index is -1.65. The van der Waals surface area contributed by atoms with Crippen molar-refractivity contribution < 1.29 is 58.2 Å². The van der Waals surface area contributed by atoms with Crippen LogP contribution >= 0.6 is 0 Å². The minimum absolute atomic E-state index is 0.0184. The molecule has 1 fully saturated rings. The first-order chi connectivity index (χ1) is 31.0. The number of phenols is 1. The second kappa shape index (κ2) is 27.5. The first-order valence-electron chi connectivity index (χ1n) is 21.6. The van der Waals surface area contributed by atoms with Gasteiger partial charge in [0.1, 0.15) is 42.0 Å². The molecule has 0 radical (unpaired) electrons. The maximum Gasteiger partial charge on any atom is 0.245 e. The van der Waals surface area contributed by atoms with Crippen LogP contribution in [-0.4, -0.2) is 137 Å². The molecule has 1 aliphatic heterocycles. The Morgan fingerprint density at radius 2 is 1.24 bits per heavy atom. The molecule has 0 aromatic heterocycles. The number of aliphatic hydroxyl groups is 1. The second-order valence-corrected chi connectivity index (χ2v) is 16.7. The molecular formula is C42H66N12O12. The van der Waals surface area contributed by atoms with Gasteiger partial charge in [-0.25, -0.2) is 0 Å². The third-order valence-electron chi connectivity index (χ3n) is 10.2. The molecule has 0 spiro atoms. The van der Waals surface area contributed by atoms with Gasteiger partial charge < -0.3 is 69.9 Å². The summed E-state index contributed by atoms with van der Waals surface area (Å²) < 4.78 is 0. The molecule has 24 heteroatoms. The minimum Gasteiger partial charge on any atom is -0.508 e. The predicted octanol–water partition coefficient (Wildman–Crippen LogP) is -4.16. The number of benzene rings is 1. The molecule has 1 heterocycles. The predicted molar refractivity (Wildman–Crippen MR) is 238 cm³/mol. The maximum atomic E-state index is 14.2. The molecule has 366 valence electrons. The second-order valence-electron chi connectivity index (χ2n) is 16.7. The van der Waals surface area contributed by atoms with E-state index < -0.39 is 127 Å². The number of amides is 9. The van der Waals surface area contributed by atoms with E-state index in [1.54, 1.807) is 27.7 Å². The van der Waals surface area contributed by atoms with Crippen LogP contribution in [0, 0.1) is 11.8 Å². The normalized spacial score (nSPS) is 23.8. The van der Waals surface area contributed by atoms with E-state index in [9.17, 15) is 58.2 Å². The first kappa shape index (κ1) is 55.3. The van der Waals surface area contributed by atoms with Gasteiger partial charge in [-0.15, -0.1) is 0 Å². The number of nitrogens with two attached hydrogens (primary N) is 3. The molecule has 16 N–H and O–H groups in total. The van der Waals surface area contributed by atoms with Gasteiger partial charge in [-0.2, -0.15) is 0 Å². The molecule has 9 amide bonds. The van der Waals surface area contributed by atoms with E-state index in [0.29, 0.717) is 5.56 Å². The van der Waals surface area contributed by atoms with Gasteiger partial charge in [-0.1, -0.05) is 39.8 Å². The zero-order valence-corrected chi connectivity index (χ0v) is 37.9. The summed E-state index contributed by atoms with van der Waals surface area (Å²) in [6.45, 7) is 6.31. The Hall–Kier alpha value is -6.85. The summed E-state index contributed by atoms with van der Waals surface area (Å²) in [4.78, 5) is 137. The highest BCUT2D eigenvalue weighted by Crippen LogP contribution is 2.14. The SMILES string of the molecule is CC(=O)C1CCC(=O)NCC(=O)NC(CO)C(=O)NC(CCC(N)=O)C(=O)NC(CC(C)C)C(=O)NC(C(C)C)C(=O)NC(Cc2ccc(O)cc2)C(=O)NC(CCCN=C(N)N)C(=O)N1. The lowest BCUT2D eigenvalue weighted by Crippen LogP contribution is -2.61. The van der Waals surface area contributed by atoms with Crippen molar-refractivity contribution >= 4 is 64.9 Å². The highest BCUT2D eigenvalue weighted by molar-refractivity contribution is 5.98. The van der Waals surface area contributed by atoms with Gasteiger partial charge in [0.15, 0.2) is 11.7 Å². The number of carbonyl (C=O) groups excluding carboxylic acids is 10. The van der Waals surface area contributed by atoms with E-state index in [1.807, 2.05) is 0 Å². The summed E-state index contributed by atoms with van der Waals surface area (Å²) in [6, 6.07) is -4.11. The van der Waals surface area contributed by atoms with Crippen molar-refractivity contribution in [2.24, 2.45) is 34.0 Å². The third kappa shape index (κ3) is 19.9. The van der Waals surface area contributed by atoms with Crippen LogP contribution in [0.1, 0.15) is 85.1 Å². The lowest BCUT2D eigenvalue weighted by atomic mass is 9.98. The average Bonchev–Trinajstić information content (AvgIpc) is 3.23. The van der Waals surface area contributed by atoms with Gasteiger partial charge in [-0.3, -0.25) is 52.9 Å². The van der Waals surface area contributed by atoms with Crippen LogP contribution < -0.4 is 59.7 Å². The van der Waals surface area contributed by atoms with Crippen molar-refractivity contribution in [3.05, 3.63) is 29.8 Å². The quantitative estimate of drug-likeness (QED) is 0.0479. The summed E-state index contributed by atoms with van der Waals surface area (Å²) in [5.41, 5.74) is 16.7. The Bertz CT molecular complexity index is 1920. The van der Waals surface area contributed by atoms with Crippen molar-refractivity contribution in [3.8, 4) is 5.75 Å². The van der Waals surface area contributed by atoms with E-state index in [2.05, 4.69) is 47.5 Å². The number of nitrogens with one attached hydrogen (secondary N) is 8. The number of hydrogen-bond acceptors (Lipinski definition) is 13. The lowest BCUT2D eigenvalue weighted by Gasteiger charge is -2.29. The number of aliphatic hydroxyl groups excluding tert-OH is 1. The Morgan fingerprint density at radius 1 is 0.697 bits per heavy atom. The van der Waals surface area contributed by atoms with Crippen molar-refractivity contribution in [1.82, 2.24) is 42.5 Å². The molecule has 1 aromatic rings. The zero-order chi connectivity index (χ0) is 49.7. The van der Waals surface area contributed by atoms with Crippen molar-refractivity contribution in [2.75, 3.05) is 19.7 Å². The van der Waals surface area contributed by atoms with Crippen LogP contribution in [-0.2, 0) is 54.4 Å². The molecule has 0 aliphatic carbocycles. The molecular weight excluding hydrogens is 865 g/mol. The van der Waals surface area contributed by atoms with Gasteiger partial charge >= 0.3 is 0 Å². The molecule has 0 saturated carbocycles. The summed E-state index contributed by atoms with van der Waals surface area (Å²) in [7, 11) is 0. The third-order valence-corrected chi connectivity index (χ3v) is 10.2. The highest BCUT2D eigenvalue weighted by Gasteiger charge is 2.35. The van der Waals surface area contributed by atoms with Crippen LogP contribution in [0.3, 0.4) is 0 Å². The molecule has 1 saturated heterocycles. The van der Waals surface area contributed by atoms with Gasteiger partial charge in [0.05, 0.1) is 19.2 Å². The first-order valence-corrected chi connectivity index (χ1v) is 21.6. The highest BCUT2D eigenvalue weighted by atomic mass is 16.3. The van der Waals surface area contributed by atoms with Gasteiger partial charge in [0, 0.05) is 25.8 Å². The van der Waals surface area contributed by atoms with E-state index in [1.165, 1.54) is 31.2 Å². The van der Waals surface area contributed by atoms with Gasteiger partial charge in [0.25, 0.3) is 0 Å². The van der Waals surface area contributed by atoms with Crippen molar-refractivity contribution in [1.29, 1.82) is 0 Å². The van der Waals surface area contributed by atoms with Crippen LogP contribution in [0.4, 0.5) is 0 Å². The molecule has 7 atom stereocenters. The molecule has 0 bridgehead atoms. The zero-order valence-electron chi connectivity index (χ0n) is 37.9. The fourth-order valence-corrected chi connectivity index (χ4v) is 6.61. The summed E-state index contributed by atoms with van der Waals surface area (Å²) >= 11 is 0. The topological polar surface area (TPSA) is 398 Å². The fraction of sp³-hybridized carbons (Fsp3) is 0.595. The smallest absolute Gasteiger partial charge is 0.245 e. The number of aliphatic imine (C=N–C) groups is 1. The number of carbonyl (C=O) groups is 10. The van der Waals surface area contributed by atoms with E-state index in [4.69, 9.17) is 17.2 Å². The summed E-state index contributed by atoms with van der Waals surface area (Å²) in [6.07, 6.45) is -1.47.